The van der Waals surface area contributed by atoms with E-state index in [1.165, 1.54) is 12.8 Å². The summed E-state index contributed by atoms with van der Waals surface area (Å²) in [6.07, 6.45) is 3.62. The van der Waals surface area contributed by atoms with Crippen molar-refractivity contribution in [2.24, 2.45) is 4.99 Å². The Morgan fingerprint density at radius 1 is 1.24 bits per heavy atom. The molecule has 1 aromatic carbocycles. The summed E-state index contributed by atoms with van der Waals surface area (Å²) in [7, 11) is 0. The minimum atomic E-state index is 0.128. The van der Waals surface area contributed by atoms with E-state index in [1.807, 2.05) is 30.3 Å². The third-order valence-corrected chi connectivity index (χ3v) is 3.69. The molecule has 0 saturated carbocycles. The smallest absolute Gasteiger partial charge is 0.194 e. The zero-order chi connectivity index (χ0) is 14.9. The summed E-state index contributed by atoms with van der Waals surface area (Å²) in [6, 6.07) is 10.00. The second-order valence-corrected chi connectivity index (χ2v) is 5.35. The summed E-state index contributed by atoms with van der Waals surface area (Å²) < 4.78 is 6.00. The molecule has 4 heteroatoms. The van der Waals surface area contributed by atoms with Gasteiger partial charge in [0.15, 0.2) is 5.96 Å². The van der Waals surface area contributed by atoms with Crippen LogP contribution in [0.2, 0.25) is 0 Å². The highest BCUT2D eigenvalue weighted by Gasteiger charge is 2.16. The Morgan fingerprint density at radius 2 is 1.95 bits per heavy atom. The van der Waals surface area contributed by atoms with E-state index in [0.717, 1.165) is 37.8 Å². The van der Waals surface area contributed by atoms with Crippen molar-refractivity contribution in [3.8, 4) is 5.75 Å². The molecule has 2 rings (SSSR count). The van der Waals surface area contributed by atoms with Gasteiger partial charge in [-0.2, -0.15) is 0 Å². The van der Waals surface area contributed by atoms with Crippen LogP contribution < -0.4 is 10.1 Å². The van der Waals surface area contributed by atoms with Crippen molar-refractivity contribution in [3.63, 3.8) is 0 Å². The number of likely N-dealkylation sites (tertiary alicyclic amines) is 1. The van der Waals surface area contributed by atoms with Crippen molar-refractivity contribution in [2.45, 2.75) is 39.2 Å². The van der Waals surface area contributed by atoms with Gasteiger partial charge in [-0.3, -0.25) is 0 Å². The lowest BCUT2D eigenvalue weighted by atomic mass is 10.2. The average Bonchev–Trinajstić information content (AvgIpc) is 3.05. The maximum absolute atomic E-state index is 6.00. The first-order valence-corrected chi connectivity index (χ1v) is 8.08. The van der Waals surface area contributed by atoms with E-state index in [4.69, 9.17) is 9.73 Å². The zero-order valence-corrected chi connectivity index (χ0v) is 13.2. The first kappa shape index (κ1) is 15.7. The van der Waals surface area contributed by atoms with Crippen LogP contribution in [0.1, 0.15) is 33.1 Å². The molecule has 0 amide bonds. The van der Waals surface area contributed by atoms with Crippen molar-refractivity contribution in [1.82, 2.24) is 10.2 Å². The molecule has 0 aliphatic carbocycles. The van der Waals surface area contributed by atoms with E-state index < -0.39 is 0 Å². The molecule has 1 aromatic rings. The average molecular weight is 289 g/mol. The van der Waals surface area contributed by atoms with Crippen LogP contribution >= 0.6 is 0 Å². The highest BCUT2D eigenvalue weighted by Crippen LogP contribution is 2.13. The summed E-state index contributed by atoms with van der Waals surface area (Å²) in [5.41, 5.74) is 0. The number of hydrogen-bond donors (Lipinski definition) is 1. The maximum Gasteiger partial charge on any atom is 0.194 e. The van der Waals surface area contributed by atoms with Crippen molar-refractivity contribution in [3.05, 3.63) is 30.3 Å². The van der Waals surface area contributed by atoms with Gasteiger partial charge < -0.3 is 15.0 Å². The molecule has 1 saturated heterocycles. The fraction of sp³-hybridized carbons (Fsp3) is 0.588. The topological polar surface area (TPSA) is 36.9 Å². The van der Waals surface area contributed by atoms with Crippen molar-refractivity contribution < 1.29 is 4.74 Å². The lowest BCUT2D eigenvalue weighted by molar-refractivity contribution is 0.205. The number of guanidine groups is 1. The predicted molar refractivity (Wildman–Crippen MR) is 87.9 cm³/mol. The number of ether oxygens (including phenoxy) is 1. The molecule has 0 spiro atoms. The standard InChI is InChI=1S/C17H27N3O/c1-3-15(21-16-10-6-5-7-11-16)14-19-17(18-4-2)20-12-8-9-13-20/h5-7,10-11,15H,3-4,8-9,12-14H2,1-2H3,(H,18,19). The third kappa shape index (κ3) is 4.96. The highest BCUT2D eigenvalue weighted by atomic mass is 16.5. The molecular formula is C17H27N3O. The van der Waals surface area contributed by atoms with E-state index in [0.29, 0.717) is 6.54 Å². The molecule has 1 atom stereocenters. The number of aliphatic imine (C=N–C) groups is 1. The molecule has 1 aliphatic rings. The van der Waals surface area contributed by atoms with Gasteiger partial charge in [0.25, 0.3) is 0 Å². The Kier molecular flexibility index (Phi) is 6.38. The number of rotatable bonds is 6. The van der Waals surface area contributed by atoms with Gasteiger partial charge in [-0.25, -0.2) is 4.99 Å². The zero-order valence-electron chi connectivity index (χ0n) is 13.2. The number of nitrogens with one attached hydrogen (secondary N) is 1. The van der Waals surface area contributed by atoms with E-state index in [9.17, 15) is 0 Å². The first-order valence-electron chi connectivity index (χ1n) is 8.08. The van der Waals surface area contributed by atoms with Crippen LogP contribution in [0.25, 0.3) is 0 Å². The number of benzene rings is 1. The van der Waals surface area contributed by atoms with Gasteiger partial charge in [-0.15, -0.1) is 0 Å². The first-order chi connectivity index (χ1) is 10.3. The molecular weight excluding hydrogens is 262 g/mol. The molecule has 0 bridgehead atoms. The summed E-state index contributed by atoms with van der Waals surface area (Å²) in [5, 5.41) is 3.39. The van der Waals surface area contributed by atoms with Crippen molar-refractivity contribution in [2.75, 3.05) is 26.2 Å². The van der Waals surface area contributed by atoms with Crippen LogP contribution in [-0.2, 0) is 0 Å². The van der Waals surface area contributed by atoms with E-state index in [2.05, 4.69) is 24.1 Å². The Balaban J connectivity index is 1.93. The summed E-state index contributed by atoms with van der Waals surface area (Å²) in [6.45, 7) is 8.09. The largest absolute Gasteiger partial charge is 0.489 e. The van der Waals surface area contributed by atoms with Crippen LogP contribution in [0.5, 0.6) is 5.75 Å². The van der Waals surface area contributed by atoms with Crippen molar-refractivity contribution in [1.29, 1.82) is 0 Å². The molecule has 0 aromatic heterocycles. The van der Waals surface area contributed by atoms with Gasteiger partial charge in [0.2, 0.25) is 0 Å². The normalized spacial score (nSPS) is 16.9. The van der Waals surface area contributed by atoms with Gasteiger partial charge in [0, 0.05) is 19.6 Å². The predicted octanol–water partition coefficient (Wildman–Crippen LogP) is 2.91. The number of hydrogen-bond acceptors (Lipinski definition) is 2. The third-order valence-electron chi connectivity index (χ3n) is 3.69. The Morgan fingerprint density at radius 3 is 2.57 bits per heavy atom. The van der Waals surface area contributed by atoms with Gasteiger partial charge in [-0.1, -0.05) is 25.1 Å². The maximum atomic E-state index is 6.00. The highest BCUT2D eigenvalue weighted by molar-refractivity contribution is 5.80. The minimum absolute atomic E-state index is 0.128. The SMILES string of the molecule is CCNC(=NCC(CC)Oc1ccccc1)N1CCCC1. The molecule has 1 aliphatic heterocycles. The fourth-order valence-corrected chi connectivity index (χ4v) is 2.48. The van der Waals surface area contributed by atoms with E-state index in [1.54, 1.807) is 0 Å². The Bertz CT molecular complexity index is 427. The van der Waals surface area contributed by atoms with Crippen molar-refractivity contribution >= 4 is 5.96 Å². The van der Waals surface area contributed by atoms with Crippen LogP contribution in [-0.4, -0.2) is 43.1 Å². The minimum Gasteiger partial charge on any atom is -0.489 e. The second kappa shape index (κ2) is 8.55. The molecule has 1 N–H and O–H groups in total. The second-order valence-electron chi connectivity index (χ2n) is 5.35. The molecule has 1 fully saturated rings. The van der Waals surface area contributed by atoms with Crippen LogP contribution in [0, 0.1) is 0 Å². The van der Waals surface area contributed by atoms with Gasteiger partial charge in [0.1, 0.15) is 11.9 Å². The van der Waals surface area contributed by atoms with Crippen LogP contribution in [0.15, 0.2) is 35.3 Å². The fourth-order valence-electron chi connectivity index (χ4n) is 2.48. The van der Waals surface area contributed by atoms with Gasteiger partial charge in [0.05, 0.1) is 6.54 Å². The van der Waals surface area contributed by atoms with E-state index >= 15 is 0 Å². The summed E-state index contributed by atoms with van der Waals surface area (Å²) in [4.78, 5) is 7.12. The lowest BCUT2D eigenvalue weighted by Crippen LogP contribution is -2.40. The van der Waals surface area contributed by atoms with Crippen LogP contribution in [0.3, 0.4) is 0 Å². The molecule has 1 unspecified atom stereocenters. The van der Waals surface area contributed by atoms with Crippen LogP contribution in [0.4, 0.5) is 0 Å². The molecule has 4 nitrogen and oxygen atoms in total. The lowest BCUT2D eigenvalue weighted by Gasteiger charge is -2.22. The molecule has 1 heterocycles. The Hall–Kier alpha value is -1.71. The number of nitrogens with zero attached hydrogens (tertiary/aromatic N) is 2. The number of para-hydroxylation sites is 1. The van der Waals surface area contributed by atoms with E-state index in [-0.39, 0.29) is 6.10 Å². The molecule has 21 heavy (non-hydrogen) atoms. The Labute approximate surface area is 128 Å². The summed E-state index contributed by atoms with van der Waals surface area (Å²) >= 11 is 0. The van der Waals surface area contributed by atoms with Gasteiger partial charge in [-0.05, 0) is 38.3 Å². The monoisotopic (exact) mass is 289 g/mol. The summed E-state index contributed by atoms with van der Waals surface area (Å²) in [5.74, 6) is 1.95. The quantitative estimate of drug-likeness (QED) is 0.646. The van der Waals surface area contributed by atoms with Gasteiger partial charge >= 0.3 is 0 Å². The molecule has 0 radical (unpaired) electrons. The molecule has 116 valence electrons.